The molecule has 94 valence electrons. The van der Waals surface area contributed by atoms with Gasteiger partial charge >= 0.3 is 0 Å². The number of carbonyl (C=O) groups excluding carboxylic acids is 1. The number of anilines is 1. The van der Waals surface area contributed by atoms with Gasteiger partial charge < -0.3 is 10.4 Å². The Morgan fingerprint density at radius 2 is 2.12 bits per heavy atom. The van der Waals surface area contributed by atoms with Gasteiger partial charge in [-0.25, -0.2) is 9.97 Å². The van der Waals surface area contributed by atoms with Crippen LogP contribution in [0.3, 0.4) is 0 Å². The van der Waals surface area contributed by atoms with E-state index in [1.165, 1.54) is 0 Å². The fraction of sp³-hybridized carbons (Fsp3) is 0.545. The van der Waals surface area contributed by atoms with Gasteiger partial charge in [-0.1, -0.05) is 25.4 Å². The monoisotopic (exact) mass is 257 g/mol. The third-order valence-electron chi connectivity index (χ3n) is 2.45. The number of nitrogens with zero attached hydrogens (tertiary/aromatic N) is 2. The molecule has 6 heteroatoms. The van der Waals surface area contributed by atoms with Crippen molar-refractivity contribution in [2.75, 3.05) is 11.9 Å². The quantitative estimate of drug-likeness (QED) is 0.620. The van der Waals surface area contributed by atoms with E-state index in [4.69, 9.17) is 11.6 Å². The van der Waals surface area contributed by atoms with Crippen molar-refractivity contribution in [1.82, 2.24) is 9.97 Å². The minimum Gasteiger partial charge on any atom is -0.394 e. The van der Waals surface area contributed by atoms with Crippen molar-refractivity contribution in [2.45, 2.75) is 26.8 Å². The molecule has 0 aliphatic carbocycles. The van der Waals surface area contributed by atoms with Gasteiger partial charge in [-0.05, 0) is 12.8 Å². The highest BCUT2D eigenvalue weighted by Crippen LogP contribution is 2.20. The zero-order valence-electron chi connectivity index (χ0n) is 10.1. The standard InChI is InChI=1S/C11H16ClN3O2/c1-6(2)9(5-17)15-11-8(4-16)10(12)13-7(3)14-11/h4,6,9,17H,5H2,1-3H3,(H,13,14,15). The maximum atomic E-state index is 10.9. The number of carbonyl (C=O) groups is 1. The third kappa shape index (κ3) is 3.38. The summed E-state index contributed by atoms with van der Waals surface area (Å²) >= 11 is 5.86. The molecule has 1 aromatic rings. The predicted octanol–water partition coefficient (Wildman–Crippen LogP) is 1.68. The van der Waals surface area contributed by atoms with E-state index in [0.717, 1.165) is 0 Å². The molecule has 0 radical (unpaired) electrons. The summed E-state index contributed by atoms with van der Waals surface area (Å²) in [6, 6.07) is -0.181. The fourth-order valence-corrected chi connectivity index (χ4v) is 1.62. The first-order chi connectivity index (χ1) is 7.99. The molecule has 0 aromatic carbocycles. The highest BCUT2D eigenvalue weighted by Gasteiger charge is 2.17. The van der Waals surface area contributed by atoms with Gasteiger partial charge in [-0.15, -0.1) is 0 Å². The van der Waals surface area contributed by atoms with Crippen molar-refractivity contribution in [3.05, 3.63) is 16.5 Å². The Morgan fingerprint density at radius 3 is 2.59 bits per heavy atom. The topological polar surface area (TPSA) is 75.1 Å². The summed E-state index contributed by atoms with van der Waals surface area (Å²) in [6.07, 6.45) is 0.610. The zero-order chi connectivity index (χ0) is 13.0. The summed E-state index contributed by atoms with van der Waals surface area (Å²) in [7, 11) is 0. The molecule has 1 unspecified atom stereocenters. The second-order valence-electron chi connectivity index (χ2n) is 4.12. The Hall–Kier alpha value is -1.20. The van der Waals surface area contributed by atoms with Crippen LogP contribution >= 0.6 is 11.6 Å². The molecule has 0 aliphatic rings. The Morgan fingerprint density at radius 1 is 1.47 bits per heavy atom. The molecule has 1 aromatic heterocycles. The smallest absolute Gasteiger partial charge is 0.156 e. The van der Waals surface area contributed by atoms with Gasteiger partial charge in [0.25, 0.3) is 0 Å². The molecule has 0 spiro atoms. The molecule has 17 heavy (non-hydrogen) atoms. The Labute approximate surface area is 105 Å². The molecule has 2 N–H and O–H groups in total. The molecule has 0 bridgehead atoms. The maximum Gasteiger partial charge on any atom is 0.156 e. The van der Waals surface area contributed by atoms with E-state index in [0.29, 0.717) is 17.9 Å². The molecular formula is C11H16ClN3O2. The number of nitrogens with one attached hydrogen (secondary N) is 1. The first kappa shape index (κ1) is 13.9. The van der Waals surface area contributed by atoms with Gasteiger partial charge in [0.15, 0.2) is 6.29 Å². The molecular weight excluding hydrogens is 242 g/mol. The second-order valence-corrected chi connectivity index (χ2v) is 4.48. The second kappa shape index (κ2) is 5.93. The van der Waals surface area contributed by atoms with Crippen LogP contribution in [0.5, 0.6) is 0 Å². The average Bonchev–Trinajstić information content (AvgIpc) is 2.24. The number of aliphatic hydroxyl groups excluding tert-OH is 1. The lowest BCUT2D eigenvalue weighted by molar-refractivity contribution is 0.112. The van der Waals surface area contributed by atoms with Crippen LogP contribution in [0.2, 0.25) is 5.15 Å². The van der Waals surface area contributed by atoms with Gasteiger partial charge in [-0.2, -0.15) is 0 Å². The van der Waals surface area contributed by atoms with Crippen molar-refractivity contribution in [2.24, 2.45) is 5.92 Å². The van der Waals surface area contributed by atoms with Crippen LogP contribution in [0.25, 0.3) is 0 Å². The average molecular weight is 258 g/mol. The van der Waals surface area contributed by atoms with Crippen LogP contribution < -0.4 is 5.32 Å². The fourth-order valence-electron chi connectivity index (χ4n) is 1.36. The summed E-state index contributed by atoms with van der Waals surface area (Å²) in [5, 5.41) is 12.4. The first-order valence-electron chi connectivity index (χ1n) is 5.36. The van der Waals surface area contributed by atoms with Crippen LogP contribution in [0, 0.1) is 12.8 Å². The minimum atomic E-state index is -0.181. The Balaban J connectivity index is 3.08. The number of hydrogen-bond donors (Lipinski definition) is 2. The van der Waals surface area contributed by atoms with Gasteiger partial charge in [0.05, 0.1) is 18.2 Å². The number of rotatable bonds is 5. The van der Waals surface area contributed by atoms with E-state index in [9.17, 15) is 9.90 Å². The molecule has 0 saturated carbocycles. The Bertz CT molecular complexity index is 410. The minimum absolute atomic E-state index is 0.0450. The summed E-state index contributed by atoms with van der Waals surface area (Å²) in [5.74, 6) is 1.04. The predicted molar refractivity (Wildman–Crippen MR) is 66.5 cm³/mol. The van der Waals surface area contributed by atoms with Gasteiger partial charge in [0, 0.05) is 0 Å². The van der Waals surface area contributed by atoms with Crippen molar-refractivity contribution < 1.29 is 9.90 Å². The van der Waals surface area contributed by atoms with Crippen molar-refractivity contribution in [3.8, 4) is 0 Å². The van der Waals surface area contributed by atoms with Crippen LogP contribution in [0.4, 0.5) is 5.82 Å². The molecule has 1 atom stereocenters. The summed E-state index contributed by atoms with van der Waals surface area (Å²) < 4.78 is 0. The van der Waals surface area contributed by atoms with Crippen LogP contribution in [0.15, 0.2) is 0 Å². The number of aliphatic hydroxyl groups is 1. The largest absolute Gasteiger partial charge is 0.394 e. The highest BCUT2D eigenvalue weighted by atomic mass is 35.5. The van der Waals surface area contributed by atoms with E-state index in [-0.39, 0.29) is 29.3 Å². The molecule has 5 nitrogen and oxygen atoms in total. The number of aldehydes is 1. The molecule has 1 rings (SSSR count). The number of hydrogen-bond acceptors (Lipinski definition) is 5. The van der Waals surface area contributed by atoms with Crippen LogP contribution in [0.1, 0.15) is 30.0 Å². The van der Waals surface area contributed by atoms with Crippen LogP contribution in [-0.4, -0.2) is 34.0 Å². The summed E-state index contributed by atoms with van der Waals surface area (Å²) in [5.41, 5.74) is 0.219. The van der Waals surface area contributed by atoms with Crippen molar-refractivity contribution in [1.29, 1.82) is 0 Å². The number of aryl methyl sites for hydroxylation is 1. The SMILES string of the molecule is Cc1nc(Cl)c(C=O)c(NC(CO)C(C)C)n1. The number of halogens is 1. The third-order valence-corrected chi connectivity index (χ3v) is 2.74. The van der Waals surface area contributed by atoms with E-state index in [1.54, 1.807) is 6.92 Å². The Kier molecular flexibility index (Phi) is 4.84. The van der Waals surface area contributed by atoms with Crippen molar-refractivity contribution in [3.63, 3.8) is 0 Å². The first-order valence-corrected chi connectivity index (χ1v) is 5.74. The lowest BCUT2D eigenvalue weighted by Gasteiger charge is -2.21. The molecule has 0 amide bonds. The normalized spacial score (nSPS) is 12.6. The van der Waals surface area contributed by atoms with Gasteiger partial charge in [0.2, 0.25) is 0 Å². The molecule has 1 heterocycles. The van der Waals surface area contributed by atoms with E-state index in [1.807, 2.05) is 13.8 Å². The maximum absolute atomic E-state index is 10.9. The summed E-state index contributed by atoms with van der Waals surface area (Å²) in [4.78, 5) is 19.0. The molecule has 0 fully saturated rings. The van der Waals surface area contributed by atoms with E-state index in [2.05, 4.69) is 15.3 Å². The summed E-state index contributed by atoms with van der Waals surface area (Å²) in [6.45, 7) is 5.57. The van der Waals surface area contributed by atoms with E-state index >= 15 is 0 Å². The van der Waals surface area contributed by atoms with Gasteiger partial charge in [-0.3, -0.25) is 4.79 Å². The van der Waals surface area contributed by atoms with Gasteiger partial charge in [0.1, 0.15) is 16.8 Å². The molecule has 0 saturated heterocycles. The highest BCUT2D eigenvalue weighted by molar-refractivity contribution is 6.32. The number of aromatic nitrogens is 2. The lowest BCUT2D eigenvalue weighted by Crippen LogP contribution is -2.30. The lowest BCUT2D eigenvalue weighted by atomic mass is 10.1. The van der Waals surface area contributed by atoms with E-state index < -0.39 is 0 Å². The zero-order valence-corrected chi connectivity index (χ0v) is 10.8. The van der Waals surface area contributed by atoms with Crippen LogP contribution in [-0.2, 0) is 0 Å². The van der Waals surface area contributed by atoms with Crippen molar-refractivity contribution >= 4 is 23.7 Å². The molecule has 0 aliphatic heterocycles.